The highest BCUT2D eigenvalue weighted by Gasteiger charge is 2.06. The molecule has 0 spiro atoms. The summed E-state index contributed by atoms with van der Waals surface area (Å²) in [6.45, 7) is 1.29. The van der Waals surface area contributed by atoms with Crippen molar-refractivity contribution in [3.05, 3.63) is 26.9 Å². The van der Waals surface area contributed by atoms with Crippen molar-refractivity contribution in [2.75, 3.05) is 20.8 Å². The molecule has 1 N–H and O–H groups in total. The van der Waals surface area contributed by atoms with Gasteiger partial charge in [-0.05, 0) is 37.9 Å². The van der Waals surface area contributed by atoms with Gasteiger partial charge in [0.05, 0.1) is 5.69 Å². The first-order valence-electron chi connectivity index (χ1n) is 4.73. The maximum atomic E-state index is 5.06. The van der Waals surface area contributed by atoms with Gasteiger partial charge in [-0.2, -0.15) is 0 Å². The average molecular weight is 354 g/mol. The normalized spacial score (nSPS) is 11.1. The second-order valence-corrected chi connectivity index (χ2v) is 4.88. The standard InChI is InChI=1S/C10H14Br2N2O2/c1-15-10(16-2)6-13-5-9-8(12)3-7(11)4-14-9/h3-4,10,13H,5-6H2,1-2H3. The van der Waals surface area contributed by atoms with E-state index in [1.165, 1.54) is 0 Å². The number of hydrogen-bond acceptors (Lipinski definition) is 4. The molecule has 0 atom stereocenters. The summed E-state index contributed by atoms with van der Waals surface area (Å²) in [7, 11) is 3.23. The Kier molecular flexibility index (Phi) is 6.45. The van der Waals surface area contributed by atoms with Gasteiger partial charge in [0.1, 0.15) is 0 Å². The molecule has 0 radical (unpaired) electrons. The van der Waals surface area contributed by atoms with Gasteiger partial charge < -0.3 is 14.8 Å². The third kappa shape index (κ3) is 4.47. The van der Waals surface area contributed by atoms with Gasteiger partial charge in [-0.15, -0.1) is 0 Å². The van der Waals surface area contributed by atoms with Crippen molar-refractivity contribution >= 4 is 31.9 Å². The zero-order valence-electron chi connectivity index (χ0n) is 9.17. The number of rotatable bonds is 6. The summed E-state index contributed by atoms with van der Waals surface area (Å²) in [5.41, 5.74) is 0.953. The molecule has 0 saturated carbocycles. The SMILES string of the molecule is COC(CNCc1ncc(Br)cc1Br)OC. The van der Waals surface area contributed by atoms with Crippen LogP contribution in [0.4, 0.5) is 0 Å². The quantitative estimate of drug-likeness (QED) is 0.797. The maximum absolute atomic E-state index is 5.06. The zero-order valence-corrected chi connectivity index (χ0v) is 12.3. The van der Waals surface area contributed by atoms with E-state index in [0.717, 1.165) is 14.6 Å². The fourth-order valence-electron chi connectivity index (χ4n) is 1.14. The second-order valence-electron chi connectivity index (χ2n) is 3.11. The first-order chi connectivity index (χ1) is 7.67. The van der Waals surface area contributed by atoms with E-state index < -0.39 is 0 Å². The monoisotopic (exact) mass is 352 g/mol. The fraction of sp³-hybridized carbons (Fsp3) is 0.500. The number of pyridine rings is 1. The van der Waals surface area contributed by atoms with Gasteiger partial charge in [-0.1, -0.05) is 0 Å². The lowest BCUT2D eigenvalue weighted by Crippen LogP contribution is -2.29. The first-order valence-corrected chi connectivity index (χ1v) is 6.32. The van der Waals surface area contributed by atoms with Crippen molar-refractivity contribution in [2.45, 2.75) is 12.8 Å². The van der Waals surface area contributed by atoms with Crippen LogP contribution in [-0.4, -0.2) is 32.0 Å². The lowest BCUT2D eigenvalue weighted by Gasteiger charge is -2.14. The van der Waals surface area contributed by atoms with E-state index >= 15 is 0 Å². The minimum Gasteiger partial charge on any atom is -0.355 e. The number of aromatic nitrogens is 1. The Morgan fingerprint density at radius 1 is 1.38 bits per heavy atom. The van der Waals surface area contributed by atoms with Crippen LogP contribution in [0.1, 0.15) is 5.69 Å². The predicted octanol–water partition coefficient (Wildman–Crippen LogP) is 2.32. The third-order valence-corrected chi connectivity index (χ3v) is 3.13. The number of halogens is 2. The molecule has 6 heteroatoms. The van der Waals surface area contributed by atoms with Crippen molar-refractivity contribution in [2.24, 2.45) is 0 Å². The molecular weight excluding hydrogens is 340 g/mol. The Labute approximate surface area is 112 Å². The van der Waals surface area contributed by atoms with Crippen LogP contribution in [0.25, 0.3) is 0 Å². The highest BCUT2D eigenvalue weighted by molar-refractivity contribution is 9.11. The summed E-state index contributed by atoms with van der Waals surface area (Å²) in [6, 6.07) is 1.97. The lowest BCUT2D eigenvalue weighted by atomic mass is 10.3. The zero-order chi connectivity index (χ0) is 12.0. The van der Waals surface area contributed by atoms with E-state index in [1.54, 1.807) is 20.4 Å². The minimum absolute atomic E-state index is 0.228. The molecule has 0 amide bonds. The summed E-state index contributed by atoms with van der Waals surface area (Å²) >= 11 is 6.81. The van der Waals surface area contributed by atoms with Crippen molar-refractivity contribution in [3.8, 4) is 0 Å². The topological polar surface area (TPSA) is 43.4 Å². The Morgan fingerprint density at radius 3 is 2.62 bits per heavy atom. The summed E-state index contributed by atoms with van der Waals surface area (Å²) in [5.74, 6) is 0. The molecule has 0 aliphatic rings. The maximum Gasteiger partial charge on any atom is 0.169 e. The van der Waals surface area contributed by atoms with Crippen molar-refractivity contribution < 1.29 is 9.47 Å². The molecule has 0 fully saturated rings. The Balaban J connectivity index is 2.42. The summed E-state index contributed by atoms with van der Waals surface area (Å²) in [4.78, 5) is 4.29. The van der Waals surface area contributed by atoms with Crippen LogP contribution >= 0.6 is 31.9 Å². The van der Waals surface area contributed by atoms with Gasteiger partial charge in [0, 0.05) is 42.5 Å². The molecule has 0 aromatic carbocycles. The molecule has 4 nitrogen and oxygen atoms in total. The summed E-state index contributed by atoms with van der Waals surface area (Å²) in [6.07, 6.45) is 1.54. The number of nitrogens with zero attached hydrogens (tertiary/aromatic N) is 1. The molecule has 1 rings (SSSR count). The van der Waals surface area contributed by atoms with Gasteiger partial charge in [0.2, 0.25) is 0 Å². The minimum atomic E-state index is -0.228. The van der Waals surface area contributed by atoms with Crippen molar-refractivity contribution in [1.82, 2.24) is 10.3 Å². The molecule has 90 valence electrons. The van der Waals surface area contributed by atoms with Crippen LogP contribution in [0.15, 0.2) is 21.2 Å². The van der Waals surface area contributed by atoms with Gasteiger partial charge in [-0.25, -0.2) is 0 Å². The van der Waals surface area contributed by atoms with Crippen LogP contribution < -0.4 is 5.32 Å². The van der Waals surface area contributed by atoms with Gasteiger partial charge >= 0.3 is 0 Å². The van der Waals surface area contributed by atoms with Gasteiger partial charge in [0.15, 0.2) is 6.29 Å². The fourth-order valence-corrected chi connectivity index (χ4v) is 2.27. The van der Waals surface area contributed by atoms with Crippen LogP contribution in [-0.2, 0) is 16.0 Å². The smallest absolute Gasteiger partial charge is 0.169 e. The molecule has 0 bridgehead atoms. The van der Waals surface area contributed by atoms with Crippen LogP contribution in [0.3, 0.4) is 0 Å². The van der Waals surface area contributed by atoms with Crippen LogP contribution in [0.2, 0.25) is 0 Å². The van der Waals surface area contributed by atoms with Crippen molar-refractivity contribution in [3.63, 3.8) is 0 Å². The number of ether oxygens (including phenoxy) is 2. The van der Waals surface area contributed by atoms with E-state index in [4.69, 9.17) is 9.47 Å². The van der Waals surface area contributed by atoms with Crippen molar-refractivity contribution in [1.29, 1.82) is 0 Å². The van der Waals surface area contributed by atoms with Crippen LogP contribution in [0.5, 0.6) is 0 Å². The van der Waals surface area contributed by atoms with Gasteiger partial charge in [0.25, 0.3) is 0 Å². The van der Waals surface area contributed by atoms with E-state index in [2.05, 4.69) is 42.2 Å². The lowest BCUT2D eigenvalue weighted by molar-refractivity contribution is -0.0989. The number of hydrogen-bond donors (Lipinski definition) is 1. The highest BCUT2D eigenvalue weighted by atomic mass is 79.9. The predicted molar refractivity (Wildman–Crippen MR) is 69.1 cm³/mol. The second kappa shape index (κ2) is 7.34. The molecule has 1 heterocycles. The largest absolute Gasteiger partial charge is 0.355 e. The molecule has 1 aromatic heterocycles. The van der Waals surface area contributed by atoms with E-state index in [1.807, 2.05) is 6.07 Å². The van der Waals surface area contributed by atoms with Crippen LogP contribution in [0, 0.1) is 0 Å². The molecule has 0 unspecified atom stereocenters. The van der Waals surface area contributed by atoms with E-state index in [-0.39, 0.29) is 6.29 Å². The molecule has 16 heavy (non-hydrogen) atoms. The van der Waals surface area contributed by atoms with E-state index in [9.17, 15) is 0 Å². The summed E-state index contributed by atoms with van der Waals surface area (Å²) in [5, 5.41) is 3.21. The Bertz CT molecular complexity index is 333. The third-order valence-electron chi connectivity index (χ3n) is 2.01. The summed E-state index contributed by atoms with van der Waals surface area (Å²) < 4.78 is 12.1. The molecule has 1 aromatic rings. The number of nitrogens with one attached hydrogen (secondary N) is 1. The molecular formula is C10H14Br2N2O2. The van der Waals surface area contributed by atoms with Gasteiger partial charge in [-0.3, -0.25) is 4.98 Å². The molecule has 0 saturated heterocycles. The Hall–Kier alpha value is -0.0100. The Morgan fingerprint density at radius 2 is 2.06 bits per heavy atom. The average Bonchev–Trinajstić information content (AvgIpc) is 2.27. The van der Waals surface area contributed by atoms with E-state index in [0.29, 0.717) is 13.1 Å². The molecule has 0 aliphatic carbocycles. The molecule has 0 aliphatic heterocycles. The number of methoxy groups -OCH3 is 2. The highest BCUT2D eigenvalue weighted by Crippen LogP contribution is 2.19. The first kappa shape index (κ1) is 14.1.